The Morgan fingerprint density at radius 2 is 2.06 bits per heavy atom. The van der Waals surface area contributed by atoms with Gasteiger partial charge in [0.2, 0.25) is 0 Å². The fraction of sp³-hybridized carbons (Fsp3) is 0.909. The zero-order valence-electron chi connectivity index (χ0n) is 9.44. The Bertz CT molecular complexity index is 268. The van der Waals surface area contributed by atoms with Gasteiger partial charge in [0.15, 0.2) is 0 Å². The highest BCUT2D eigenvalue weighted by molar-refractivity contribution is 5.81. The van der Waals surface area contributed by atoms with E-state index in [0.717, 1.165) is 19.3 Å². The van der Waals surface area contributed by atoms with Gasteiger partial charge in [-0.3, -0.25) is 4.79 Å². The Morgan fingerprint density at radius 3 is 2.56 bits per heavy atom. The van der Waals surface area contributed by atoms with Crippen LogP contribution in [-0.2, 0) is 14.3 Å². The van der Waals surface area contributed by atoms with E-state index in [4.69, 9.17) is 19.7 Å². The number of aliphatic hydroxyl groups excluding tert-OH is 2. The summed E-state index contributed by atoms with van der Waals surface area (Å²) in [5.41, 5.74) is -0.100. The molecule has 2 bridgehead atoms. The maximum atomic E-state index is 11.4. The lowest BCUT2D eigenvalue weighted by Crippen LogP contribution is -2.67. The Hall–Kier alpha value is -0.650. The van der Waals surface area contributed by atoms with Gasteiger partial charge in [-0.25, -0.2) is 0 Å². The van der Waals surface area contributed by atoms with Crippen molar-refractivity contribution in [3.8, 4) is 0 Å². The van der Waals surface area contributed by atoms with Gasteiger partial charge in [0.05, 0.1) is 32.3 Å². The average molecular weight is 230 g/mol. The number of esters is 1. The first-order valence-corrected chi connectivity index (χ1v) is 5.51. The van der Waals surface area contributed by atoms with E-state index in [9.17, 15) is 4.79 Å². The highest BCUT2D eigenvalue weighted by Gasteiger charge is 2.72. The van der Waals surface area contributed by atoms with Gasteiger partial charge in [-0.1, -0.05) is 0 Å². The summed E-state index contributed by atoms with van der Waals surface area (Å²) in [6.45, 7) is 0.436. The molecule has 92 valence electrons. The summed E-state index contributed by atoms with van der Waals surface area (Å²) in [5.74, 6) is -0.107. The fourth-order valence-electron chi connectivity index (χ4n) is 3.05. The van der Waals surface area contributed by atoms with E-state index in [-0.39, 0.29) is 30.0 Å². The van der Waals surface area contributed by atoms with Crippen molar-refractivity contribution in [1.82, 2.24) is 0 Å². The summed E-state index contributed by atoms with van der Waals surface area (Å²) in [5, 5.41) is 17.7. The van der Waals surface area contributed by atoms with Crippen LogP contribution in [0.4, 0.5) is 0 Å². The molecular formula is C11H18O5. The van der Waals surface area contributed by atoms with Gasteiger partial charge in [0, 0.05) is 0 Å². The lowest BCUT2D eigenvalue weighted by atomic mass is 9.35. The molecule has 5 heteroatoms. The van der Waals surface area contributed by atoms with Crippen LogP contribution in [-0.4, -0.2) is 49.2 Å². The van der Waals surface area contributed by atoms with Crippen LogP contribution in [0.1, 0.15) is 19.3 Å². The van der Waals surface area contributed by atoms with Gasteiger partial charge in [-0.05, 0) is 24.7 Å². The highest BCUT2D eigenvalue weighted by atomic mass is 16.5. The Balaban J connectivity index is 1.67. The summed E-state index contributed by atoms with van der Waals surface area (Å²) in [6, 6.07) is 0. The summed E-state index contributed by atoms with van der Waals surface area (Å²) in [6.07, 6.45) is 1.70. The lowest BCUT2D eigenvalue weighted by Gasteiger charge is -2.68. The fourth-order valence-corrected chi connectivity index (χ4v) is 3.05. The van der Waals surface area contributed by atoms with Gasteiger partial charge in [0.25, 0.3) is 0 Å². The number of aliphatic hydroxyl groups is 2. The number of methoxy groups -OCH3 is 1. The zero-order chi connectivity index (χ0) is 11.8. The molecule has 3 saturated carbocycles. The molecular weight excluding hydrogens is 212 g/mol. The standard InChI is InChI=1S/C11H18O5/c1-15-9(14)11-4-10(5-11,6-11)7-16-3-8(13)2-12/h8,12-13H,2-7H2,1H3. The molecule has 1 atom stereocenters. The van der Waals surface area contributed by atoms with E-state index < -0.39 is 6.10 Å². The molecule has 16 heavy (non-hydrogen) atoms. The molecule has 0 aromatic rings. The van der Waals surface area contributed by atoms with E-state index in [2.05, 4.69) is 0 Å². The van der Waals surface area contributed by atoms with Crippen molar-refractivity contribution in [1.29, 1.82) is 0 Å². The molecule has 3 aliphatic carbocycles. The first kappa shape index (κ1) is 11.8. The predicted octanol–water partition coefficient (Wildman–Crippen LogP) is -0.301. The van der Waals surface area contributed by atoms with E-state index in [1.165, 1.54) is 7.11 Å². The molecule has 0 aromatic heterocycles. The van der Waals surface area contributed by atoms with Crippen molar-refractivity contribution in [2.24, 2.45) is 10.8 Å². The van der Waals surface area contributed by atoms with Gasteiger partial charge >= 0.3 is 5.97 Å². The topological polar surface area (TPSA) is 76.0 Å². The Labute approximate surface area is 94.4 Å². The maximum absolute atomic E-state index is 11.4. The molecule has 0 heterocycles. The van der Waals surface area contributed by atoms with Crippen molar-refractivity contribution >= 4 is 5.97 Å². The van der Waals surface area contributed by atoms with Crippen LogP contribution in [0.15, 0.2) is 0 Å². The summed E-state index contributed by atoms with van der Waals surface area (Å²) in [7, 11) is 1.42. The van der Waals surface area contributed by atoms with Gasteiger partial charge in [-0.2, -0.15) is 0 Å². The number of rotatable bonds is 6. The largest absolute Gasteiger partial charge is 0.469 e. The molecule has 5 nitrogen and oxygen atoms in total. The van der Waals surface area contributed by atoms with E-state index in [0.29, 0.717) is 6.61 Å². The van der Waals surface area contributed by atoms with Crippen LogP contribution in [0.5, 0.6) is 0 Å². The quantitative estimate of drug-likeness (QED) is 0.613. The number of hydrogen-bond acceptors (Lipinski definition) is 5. The van der Waals surface area contributed by atoms with Crippen LogP contribution >= 0.6 is 0 Å². The number of hydrogen-bond donors (Lipinski definition) is 2. The van der Waals surface area contributed by atoms with Crippen LogP contribution in [0, 0.1) is 10.8 Å². The van der Waals surface area contributed by atoms with Crippen molar-refractivity contribution in [2.75, 3.05) is 26.9 Å². The summed E-state index contributed by atoms with van der Waals surface area (Å²) < 4.78 is 10.1. The molecule has 0 aliphatic heterocycles. The van der Waals surface area contributed by atoms with E-state index in [1.54, 1.807) is 0 Å². The molecule has 2 N–H and O–H groups in total. The predicted molar refractivity (Wildman–Crippen MR) is 54.6 cm³/mol. The Kier molecular flexibility index (Phi) is 2.94. The molecule has 0 radical (unpaired) electrons. The van der Waals surface area contributed by atoms with E-state index in [1.807, 2.05) is 0 Å². The minimum atomic E-state index is -0.804. The average Bonchev–Trinajstić information content (AvgIpc) is 2.18. The molecule has 1 unspecified atom stereocenters. The second-order valence-electron chi connectivity index (χ2n) is 5.15. The van der Waals surface area contributed by atoms with Crippen LogP contribution in [0.3, 0.4) is 0 Å². The molecule has 3 aliphatic rings. The van der Waals surface area contributed by atoms with Gasteiger partial charge in [-0.15, -0.1) is 0 Å². The monoisotopic (exact) mass is 230 g/mol. The third-order valence-electron chi connectivity index (χ3n) is 3.69. The van der Waals surface area contributed by atoms with Gasteiger partial charge < -0.3 is 19.7 Å². The van der Waals surface area contributed by atoms with Crippen molar-refractivity contribution in [3.05, 3.63) is 0 Å². The van der Waals surface area contributed by atoms with Crippen LogP contribution in [0.2, 0.25) is 0 Å². The number of carbonyl (C=O) groups excluding carboxylic acids is 1. The lowest BCUT2D eigenvalue weighted by molar-refractivity contribution is -0.243. The van der Waals surface area contributed by atoms with Crippen molar-refractivity contribution in [2.45, 2.75) is 25.4 Å². The number of carbonyl (C=O) groups is 1. The second-order valence-corrected chi connectivity index (χ2v) is 5.15. The third-order valence-corrected chi connectivity index (χ3v) is 3.69. The summed E-state index contributed by atoms with van der Waals surface area (Å²) >= 11 is 0. The SMILES string of the molecule is COC(=O)C12CC(COCC(O)CO)(C1)C2. The highest BCUT2D eigenvalue weighted by Crippen LogP contribution is 2.73. The third kappa shape index (κ3) is 1.73. The van der Waals surface area contributed by atoms with Gasteiger partial charge in [0.1, 0.15) is 6.10 Å². The first-order valence-electron chi connectivity index (χ1n) is 5.51. The smallest absolute Gasteiger partial charge is 0.311 e. The normalized spacial score (nSPS) is 37.2. The maximum Gasteiger partial charge on any atom is 0.311 e. The minimum Gasteiger partial charge on any atom is -0.469 e. The molecule has 0 amide bonds. The molecule has 0 aromatic carbocycles. The van der Waals surface area contributed by atoms with Crippen LogP contribution in [0.25, 0.3) is 0 Å². The molecule has 0 spiro atoms. The van der Waals surface area contributed by atoms with Crippen LogP contribution < -0.4 is 0 Å². The molecule has 3 fully saturated rings. The first-order chi connectivity index (χ1) is 7.56. The molecule has 0 saturated heterocycles. The zero-order valence-corrected chi connectivity index (χ0v) is 9.44. The second kappa shape index (κ2) is 3.98. The minimum absolute atomic E-state index is 0.107. The van der Waals surface area contributed by atoms with E-state index >= 15 is 0 Å². The van der Waals surface area contributed by atoms with Crippen molar-refractivity contribution in [3.63, 3.8) is 0 Å². The Morgan fingerprint density at radius 1 is 1.44 bits per heavy atom. The molecule has 3 rings (SSSR count). The number of ether oxygens (including phenoxy) is 2. The van der Waals surface area contributed by atoms with Crippen molar-refractivity contribution < 1.29 is 24.5 Å². The summed E-state index contributed by atoms with van der Waals surface area (Å²) in [4.78, 5) is 11.4.